The maximum absolute atomic E-state index is 11.2. The summed E-state index contributed by atoms with van der Waals surface area (Å²) in [6.45, 7) is 6.01. The molecule has 1 N–H and O–H groups in total. The van der Waals surface area contributed by atoms with Crippen molar-refractivity contribution in [2.24, 2.45) is 5.41 Å². The lowest BCUT2D eigenvalue weighted by atomic mass is 9.77. The van der Waals surface area contributed by atoms with Gasteiger partial charge in [-0.3, -0.25) is 4.98 Å². The molecular formula is C15H16Cl3NOS2. The second-order valence-electron chi connectivity index (χ2n) is 5.96. The number of aromatic nitrogens is 1. The molecule has 120 valence electrons. The van der Waals surface area contributed by atoms with Crippen molar-refractivity contribution >= 4 is 57.9 Å². The Kier molecular flexibility index (Phi) is 5.74. The Morgan fingerprint density at radius 2 is 1.77 bits per heavy atom. The summed E-state index contributed by atoms with van der Waals surface area (Å²) in [5, 5.41) is 12.6. The fraction of sp³-hybridized carbons (Fsp3) is 0.400. The fourth-order valence-corrected chi connectivity index (χ4v) is 5.02. The van der Waals surface area contributed by atoms with Gasteiger partial charge in [0, 0.05) is 16.8 Å². The molecule has 2 rings (SSSR count). The number of thiazole rings is 1. The minimum atomic E-state index is -1.02. The van der Waals surface area contributed by atoms with Crippen LogP contribution in [0.3, 0.4) is 0 Å². The summed E-state index contributed by atoms with van der Waals surface area (Å²) in [6.07, 6.45) is 1.72. The first-order valence-electron chi connectivity index (χ1n) is 6.54. The monoisotopic (exact) mass is 395 g/mol. The third-order valence-electron chi connectivity index (χ3n) is 3.49. The molecule has 0 amide bonds. The Morgan fingerprint density at radius 1 is 1.14 bits per heavy atom. The van der Waals surface area contributed by atoms with Crippen LogP contribution in [0, 0.1) is 5.41 Å². The molecule has 7 heteroatoms. The number of halogens is 3. The van der Waals surface area contributed by atoms with Crippen LogP contribution in [0.1, 0.15) is 25.6 Å². The third-order valence-corrected chi connectivity index (χ3v) is 6.77. The van der Waals surface area contributed by atoms with Gasteiger partial charge in [0.25, 0.3) is 0 Å². The molecule has 1 atom stereocenters. The van der Waals surface area contributed by atoms with E-state index in [1.165, 1.54) is 23.1 Å². The zero-order chi connectivity index (χ0) is 16.5. The van der Waals surface area contributed by atoms with E-state index in [0.717, 1.165) is 9.77 Å². The number of thioether (sulfide) groups is 1. The maximum Gasteiger partial charge on any atom is 0.114 e. The summed E-state index contributed by atoms with van der Waals surface area (Å²) in [5.41, 5.74) is 0.354. The lowest BCUT2D eigenvalue weighted by Crippen LogP contribution is -2.41. The van der Waals surface area contributed by atoms with Crippen molar-refractivity contribution in [3.8, 4) is 0 Å². The lowest BCUT2D eigenvalue weighted by molar-refractivity contribution is -0.0392. The minimum Gasteiger partial charge on any atom is -0.383 e. The van der Waals surface area contributed by atoms with Gasteiger partial charge in [0.05, 0.1) is 25.5 Å². The number of nitrogens with zero attached hydrogens (tertiary/aromatic N) is 1. The SMILES string of the molecule is CC(C)(C)C(O)(CSc1cc(Cl)c(Cl)cc1Cl)c1cncs1. The number of hydrogen-bond donors (Lipinski definition) is 1. The summed E-state index contributed by atoms with van der Waals surface area (Å²) < 4.78 is 0. The van der Waals surface area contributed by atoms with Crippen molar-refractivity contribution in [3.63, 3.8) is 0 Å². The molecule has 0 spiro atoms. The van der Waals surface area contributed by atoms with Gasteiger partial charge in [0.15, 0.2) is 0 Å². The molecule has 0 aliphatic carbocycles. The summed E-state index contributed by atoms with van der Waals surface area (Å²) in [6, 6.07) is 3.35. The van der Waals surface area contributed by atoms with Crippen LogP contribution in [0.4, 0.5) is 0 Å². The van der Waals surface area contributed by atoms with Crippen LogP contribution in [0.25, 0.3) is 0 Å². The number of aliphatic hydroxyl groups is 1. The molecule has 1 aromatic heterocycles. The number of rotatable bonds is 4. The van der Waals surface area contributed by atoms with E-state index in [4.69, 9.17) is 34.8 Å². The maximum atomic E-state index is 11.2. The highest BCUT2D eigenvalue weighted by Crippen LogP contribution is 2.45. The van der Waals surface area contributed by atoms with Crippen LogP contribution in [0.15, 0.2) is 28.7 Å². The molecule has 0 saturated heterocycles. The van der Waals surface area contributed by atoms with E-state index in [1.807, 2.05) is 20.8 Å². The summed E-state index contributed by atoms with van der Waals surface area (Å²) in [4.78, 5) is 5.72. The second-order valence-corrected chi connectivity index (χ2v) is 9.09. The Hall–Kier alpha value is 0.0300. The predicted octanol–water partition coefficient (Wildman–Crippen LogP) is 6.13. The molecule has 1 aromatic carbocycles. The Balaban J connectivity index is 2.29. The lowest BCUT2D eigenvalue weighted by Gasteiger charge is -2.39. The van der Waals surface area contributed by atoms with E-state index in [-0.39, 0.29) is 5.41 Å². The Bertz CT molecular complexity index is 656. The van der Waals surface area contributed by atoms with Gasteiger partial charge in [-0.15, -0.1) is 23.1 Å². The molecule has 0 radical (unpaired) electrons. The highest BCUT2D eigenvalue weighted by atomic mass is 35.5. The highest BCUT2D eigenvalue weighted by molar-refractivity contribution is 7.99. The van der Waals surface area contributed by atoms with Crippen molar-refractivity contribution in [2.75, 3.05) is 5.75 Å². The average molecular weight is 397 g/mol. The molecule has 0 fully saturated rings. The molecule has 2 nitrogen and oxygen atoms in total. The standard InChI is InChI=1S/C15H16Cl3NOS2/c1-14(2,3)15(20,13-6-19-8-22-13)7-21-12-5-10(17)9(16)4-11(12)18/h4-6,8,20H,7H2,1-3H3. The van der Waals surface area contributed by atoms with E-state index >= 15 is 0 Å². The van der Waals surface area contributed by atoms with Crippen LogP contribution < -0.4 is 0 Å². The second kappa shape index (κ2) is 6.88. The number of hydrogen-bond acceptors (Lipinski definition) is 4. The van der Waals surface area contributed by atoms with E-state index in [9.17, 15) is 5.11 Å². The zero-order valence-electron chi connectivity index (χ0n) is 12.4. The van der Waals surface area contributed by atoms with E-state index in [1.54, 1.807) is 23.8 Å². The highest BCUT2D eigenvalue weighted by Gasteiger charge is 2.43. The predicted molar refractivity (Wildman–Crippen MR) is 97.7 cm³/mol. The zero-order valence-corrected chi connectivity index (χ0v) is 16.3. The number of benzene rings is 1. The van der Waals surface area contributed by atoms with Crippen molar-refractivity contribution in [3.05, 3.63) is 43.8 Å². The largest absolute Gasteiger partial charge is 0.383 e. The molecule has 0 saturated carbocycles. The summed E-state index contributed by atoms with van der Waals surface area (Å²) in [7, 11) is 0. The van der Waals surface area contributed by atoms with E-state index in [0.29, 0.717) is 20.8 Å². The van der Waals surface area contributed by atoms with Gasteiger partial charge in [0.1, 0.15) is 5.60 Å². The van der Waals surface area contributed by atoms with Gasteiger partial charge in [-0.05, 0) is 17.5 Å². The van der Waals surface area contributed by atoms with Gasteiger partial charge < -0.3 is 5.11 Å². The normalized spacial score (nSPS) is 14.9. The third kappa shape index (κ3) is 3.74. The van der Waals surface area contributed by atoms with Gasteiger partial charge in [-0.1, -0.05) is 55.6 Å². The summed E-state index contributed by atoms with van der Waals surface area (Å²) >= 11 is 21.1. The Morgan fingerprint density at radius 3 is 2.32 bits per heavy atom. The first-order chi connectivity index (χ1) is 10.1. The van der Waals surface area contributed by atoms with Crippen LogP contribution in [0.2, 0.25) is 15.1 Å². The van der Waals surface area contributed by atoms with Crippen LogP contribution >= 0.6 is 57.9 Å². The van der Waals surface area contributed by atoms with E-state index < -0.39 is 5.60 Å². The topological polar surface area (TPSA) is 33.1 Å². The van der Waals surface area contributed by atoms with Crippen LogP contribution in [-0.4, -0.2) is 15.8 Å². The van der Waals surface area contributed by atoms with Crippen molar-refractivity contribution in [2.45, 2.75) is 31.3 Å². The molecule has 22 heavy (non-hydrogen) atoms. The molecule has 1 heterocycles. The minimum absolute atomic E-state index is 0.352. The van der Waals surface area contributed by atoms with Gasteiger partial charge in [-0.2, -0.15) is 0 Å². The molecular weight excluding hydrogens is 381 g/mol. The van der Waals surface area contributed by atoms with Gasteiger partial charge >= 0.3 is 0 Å². The van der Waals surface area contributed by atoms with Gasteiger partial charge in [-0.25, -0.2) is 0 Å². The van der Waals surface area contributed by atoms with Crippen LogP contribution in [-0.2, 0) is 5.60 Å². The first kappa shape index (κ1) is 18.4. The van der Waals surface area contributed by atoms with Crippen molar-refractivity contribution in [1.29, 1.82) is 0 Å². The van der Waals surface area contributed by atoms with Crippen molar-refractivity contribution < 1.29 is 5.11 Å². The smallest absolute Gasteiger partial charge is 0.114 e. The molecule has 0 aliphatic heterocycles. The van der Waals surface area contributed by atoms with E-state index in [2.05, 4.69) is 4.98 Å². The quantitative estimate of drug-likeness (QED) is 0.498. The first-order valence-corrected chi connectivity index (χ1v) is 9.54. The van der Waals surface area contributed by atoms with Gasteiger partial charge in [0.2, 0.25) is 0 Å². The summed E-state index contributed by atoms with van der Waals surface area (Å²) in [5.74, 6) is 0.441. The Labute approximate surface area is 153 Å². The average Bonchev–Trinajstić information content (AvgIpc) is 2.94. The fourth-order valence-electron chi connectivity index (χ4n) is 1.87. The van der Waals surface area contributed by atoms with Crippen LogP contribution in [0.5, 0.6) is 0 Å². The molecule has 0 aliphatic rings. The molecule has 2 aromatic rings. The molecule has 1 unspecified atom stereocenters. The van der Waals surface area contributed by atoms with Crippen molar-refractivity contribution in [1.82, 2.24) is 4.98 Å². The molecule has 0 bridgehead atoms.